The molecule has 1 aromatic rings. The molecule has 0 aliphatic heterocycles. The Balaban J connectivity index is 3.07. The summed E-state index contributed by atoms with van der Waals surface area (Å²) in [6, 6.07) is 2.83. The second kappa shape index (κ2) is 8.84. The average Bonchev–Trinajstić information content (AvgIpc) is 2.51. The molecule has 0 saturated heterocycles. The molecule has 0 radical (unpaired) electrons. The van der Waals surface area contributed by atoms with Crippen molar-refractivity contribution in [2.75, 3.05) is 34.5 Å². The van der Waals surface area contributed by atoms with Crippen LogP contribution in [0, 0.1) is 0 Å². The number of carbonyl (C=O) groups excluding carboxylic acids is 2. The third-order valence-electron chi connectivity index (χ3n) is 2.88. The first-order chi connectivity index (χ1) is 10.9. The predicted molar refractivity (Wildman–Crippen MR) is 83.0 cm³/mol. The topological polar surface area (TPSA) is 109 Å². The molecule has 8 heteroatoms. The molecule has 0 aliphatic carbocycles. The van der Waals surface area contributed by atoms with E-state index in [0.29, 0.717) is 12.2 Å². The standard InChI is InChI=1S/C15H22N2O6/c1-9(7-20-2)17-15(19)10-5-11(21-3)14(12(6-10)22-4)23-8-13(16)18/h5-6,9H,7-8H2,1-4H3,(H2,16,18)(H,17,19). The van der Waals surface area contributed by atoms with Crippen molar-refractivity contribution in [1.29, 1.82) is 0 Å². The van der Waals surface area contributed by atoms with Gasteiger partial charge in [-0.05, 0) is 19.1 Å². The van der Waals surface area contributed by atoms with Crippen LogP contribution in [0.25, 0.3) is 0 Å². The van der Waals surface area contributed by atoms with E-state index in [2.05, 4.69) is 5.32 Å². The Morgan fingerprint density at radius 3 is 2.17 bits per heavy atom. The summed E-state index contributed by atoms with van der Waals surface area (Å²) in [6.07, 6.45) is 0. The number of carbonyl (C=O) groups is 2. The first-order valence-corrected chi connectivity index (χ1v) is 6.89. The second-order valence-electron chi connectivity index (χ2n) is 4.79. The third kappa shape index (κ3) is 5.33. The molecule has 8 nitrogen and oxygen atoms in total. The highest BCUT2D eigenvalue weighted by atomic mass is 16.5. The molecule has 1 unspecified atom stereocenters. The molecule has 1 atom stereocenters. The SMILES string of the molecule is COCC(C)NC(=O)c1cc(OC)c(OCC(N)=O)c(OC)c1. The van der Waals surface area contributed by atoms with Gasteiger partial charge in [0.1, 0.15) is 0 Å². The first kappa shape index (κ1) is 18.6. The molecule has 1 aromatic carbocycles. The number of nitrogens with one attached hydrogen (secondary N) is 1. The van der Waals surface area contributed by atoms with Crippen LogP contribution in [-0.2, 0) is 9.53 Å². The maximum absolute atomic E-state index is 12.3. The highest BCUT2D eigenvalue weighted by molar-refractivity contribution is 5.95. The minimum Gasteiger partial charge on any atom is -0.493 e. The molecule has 0 aliphatic rings. The lowest BCUT2D eigenvalue weighted by Crippen LogP contribution is -2.35. The van der Waals surface area contributed by atoms with E-state index >= 15 is 0 Å². The average molecular weight is 326 g/mol. The largest absolute Gasteiger partial charge is 0.493 e. The number of benzene rings is 1. The Morgan fingerprint density at radius 2 is 1.74 bits per heavy atom. The normalized spacial score (nSPS) is 11.5. The molecule has 1 rings (SSSR count). The van der Waals surface area contributed by atoms with Crippen molar-refractivity contribution < 1.29 is 28.5 Å². The molecule has 0 fully saturated rings. The van der Waals surface area contributed by atoms with Gasteiger partial charge in [-0.1, -0.05) is 0 Å². The van der Waals surface area contributed by atoms with Gasteiger partial charge in [0.2, 0.25) is 5.75 Å². The highest BCUT2D eigenvalue weighted by Gasteiger charge is 2.19. The van der Waals surface area contributed by atoms with Crippen molar-refractivity contribution in [2.45, 2.75) is 13.0 Å². The van der Waals surface area contributed by atoms with E-state index in [1.807, 2.05) is 6.92 Å². The van der Waals surface area contributed by atoms with Crippen molar-refractivity contribution in [3.05, 3.63) is 17.7 Å². The number of hydrogen-bond acceptors (Lipinski definition) is 6. The predicted octanol–water partition coefficient (Wildman–Crippen LogP) is 0.333. The second-order valence-corrected chi connectivity index (χ2v) is 4.79. The van der Waals surface area contributed by atoms with Gasteiger partial charge in [0.25, 0.3) is 11.8 Å². The zero-order valence-electron chi connectivity index (χ0n) is 13.7. The number of rotatable bonds is 9. The Bertz CT molecular complexity index is 536. The van der Waals surface area contributed by atoms with Gasteiger partial charge in [0.05, 0.1) is 20.8 Å². The smallest absolute Gasteiger partial charge is 0.255 e. The number of ether oxygens (including phenoxy) is 4. The molecule has 3 N–H and O–H groups in total. The Hall–Kier alpha value is -2.48. The molecule has 0 saturated carbocycles. The lowest BCUT2D eigenvalue weighted by Gasteiger charge is -2.17. The zero-order chi connectivity index (χ0) is 17.4. The number of methoxy groups -OCH3 is 3. The summed E-state index contributed by atoms with van der Waals surface area (Å²) in [6.45, 7) is 1.88. The fraction of sp³-hybridized carbons (Fsp3) is 0.467. The van der Waals surface area contributed by atoms with Gasteiger partial charge in [-0.25, -0.2) is 0 Å². The van der Waals surface area contributed by atoms with Gasteiger partial charge in [-0.15, -0.1) is 0 Å². The van der Waals surface area contributed by atoms with E-state index in [4.69, 9.17) is 24.7 Å². The van der Waals surface area contributed by atoms with Gasteiger partial charge in [0.15, 0.2) is 18.1 Å². The monoisotopic (exact) mass is 326 g/mol. The highest BCUT2D eigenvalue weighted by Crippen LogP contribution is 2.38. The van der Waals surface area contributed by atoms with Gasteiger partial charge < -0.3 is 30.0 Å². The Kier molecular flexibility index (Phi) is 7.14. The number of nitrogens with two attached hydrogens (primary N) is 1. The molecule has 0 heterocycles. The lowest BCUT2D eigenvalue weighted by atomic mass is 10.1. The van der Waals surface area contributed by atoms with Crippen molar-refractivity contribution in [2.24, 2.45) is 5.73 Å². The van der Waals surface area contributed by atoms with Crippen molar-refractivity contribution >= 4 is 11.8 Å². The van der Waals surface area contributed by atoms with E-state index in [1.165, 1.54) is 26.4 Å². The van der Waals surface area contributed by atoms with Crippen molar-refractivity contribution in [1.82, 2.24) is 5.32 Å². The van der Waals surface area contributed by atoms with Crippen LogP contribution < -0.4 is 25.3 Å². The van der Waals surface area contributed by atoms with E-state index in [-0.39, 0.29) is 35.8 Å². The fourth-order valence-electron chi connectivity index (χ4n) is 1.90. The Morgan fingerprint density at radius 1 is 1.17 bits per heavy atom. The first-order valence-electron chi connectivity index (χ1n) is 6.89. The molecular formula is C15H22N2O6. The number of hydrogen-bond donors (Lipinski definition) is 2. The zero-order valence-corrected chi connectivity index (χ0v) is 13.7. The minimum absolute atomic E-state index is 0.157. The van der Waals surface area contributed by atoms with Crippen molar-refractivity contribution in [3.8, 4) is 17.2 Å². The van der Waals surface area contributed by atoms with Crippen LogP contribution in [-0.4, -0.2) is 52.4 Å². The van der Waals surface area contributed by atoms with Gasteiger partial charge >= 0.3 is 0 Å². The van der Waals surface area contributed by atoms with Crippen LogP contribution in [0.1, 0.15) is 17.3 Å². The molecule has 23 heavy (non-hydrogen) atoms. The maximum atomic E-state index is 12.3. The summed E-state index contributed by atoms with van der Waals surface area (Å²) < 4.78 is 20.7. The van der Waals surface area contributed by atoms with Crippen LogP contribution >= 0.6 is 0 Å². The molecular weight excluding hydrogens is 304 g/mol. The van der Waals surface area contributed by atoms with Crippen LogP contribution in [0.5, 0.6) is 17.2 Å². The van der Waals surface area contributed by atoms with E-state index in [0.717, 1.165) is 0 Å². The quantitative estimate of drug-likeness (QED) is 0.677. The summed E-state index contributed by atoms with van der Waals surface area (Å²) >= 11 is 0. The summed E-state index contributed by atoms with van der Waals surface area (Å²) in [5.41, 5.74) is 5.39. The van der Waals surface area contributed by atoms with Crippen LogP contribution in [0.15, 0.2) is 12.1 Å². The minimum atomic E-state index is -0.635. The van der Waals surface area contributed by atoms with Gasteiger partial charge in [-0.3, -0.25) is 9.59 Å². The lowest BCUT2D eigenvalue weighted by molar-refractivity contribution is -0.120. The molecule has 0 aromatic heterocycles. The summed E-state index contributed by atoms with van der Waals surface area (Å²) in [7, 11) is 4.39. The third-order valence-corrected chi connectivity index (χ3v) is 2.88. The van der Waals surface area contributed by atoms with Crippen LogP contribution in [0.4, 0.5) is 0 Å². The fourth-order valence-corrected chi connectivity index (χ4v) is 1.90. The summed E-state index contributed by atoms with van der Waals surface area (Å²) in [5.74, 6) is -0.225. The van der Waals surface area contributed by atoms with E-state index in [9.17, 15) is 9.59 Å². The molecule has 0 bridgehead atoms. The summed E-state index contributed by atoms with van der Waals surface area (Å²) in [4.78, 5) is 23.1. The number of primary amides is 1. The van der Waals surface area contributed by atoms with E-state index in [1.54, 1.807) is 7.11 Å². The molecule has 2 amide bonds. The van der Waals surface area contributed by atoms with E-state index < -0.39 is 5.91 Å². The van der Waals surface area contributed by atoms with Crippen LogP contribution in [0.3, 0.4) is 0 Å². The molecule has 0 spiro atoms. The van der Waals surface area contributed by atoms with Crippen LogP contribution in [0.2, 0.25) is 0 Å². The Labute approximate surface area is 134 Å². The maximum Gasteiger partial charge on any atom is 0.255 e. The molecule has 128 valence electrons. The summed E-state index contributed by atoms with van der Waals surface area (Å²) in [5, 5.41) is 2.78. The number of amides is 2. The van der Waals surface area contributed by atoms with Gasteiger partial charge in [0, 0.05) is 18.7 Å². The van der Waals surface area contributed by atoms with Gasteiger partial charge in [-0.2, -0.15) is 0 Å². The van der Waals surface area contributed by atoms with Crippen molar-refractivity contribution in [3.63, 3.8) is 0 Å².